The van der Waals surface area contributed by atoms with Gasteiger partial charge in [-0.05, 0) is 57.4 Å². The Morgan fingerprint density at radius 1 is 1.47 bits per heavy atom. The van der Waals surface area contributed by atoms with Crippen molar-refractivity contribution >= 4 is 5.78 Å². The van der Waals surface area contributed by atoms with Crippen LogP contribution in [0.1, 0.15) is 35.7 Å². The maximum absolute atomic E-state index is 12.4. The van der Waals surface area contributed by atoms with E-state index in [2.05, 4.69) is 11.8 Å². The molecule has 0 aromatic heterocycles. The fraction of sp³-hybridized carbons (Fsp3) is 0.562. The van der Waals surface area contributed by atoms with Crippen LogP contribution in [0.5, 0.6) is 5.75 Å². The number of carbonyl (C=O) groups is 1. The summed E-state index contributed by atoms with van der Waals surface area (Å²) in [7, 11) is 3.64. The first-order valence-electron chi connectivity index (χ1n) is 6.91. The van der Waals surface area contributed by atoms with Gasteiger partial charge in [0.25, 0.3) is 0 Å². The summed E-state index contributed by atoms with van der Waals surface area (Å²) in [5, 5.41) is 0. The summed E-state index contributed by atoms with van der Waals surface area (Å²) in [6.07, 6.45) is 2.60. The molecule has 1 aromatic carbocycles. The Hall–Kier alpha value is -1.35. The van der Waals surface area contributed by atoms with Crippen LogP contribution in [0.25, 0.3) is 0 Å². The summed E-state index contributed by atoms with van der Waals surface area (Å²) in [6.45, 7) is 4.66. The Balaban J connectivity index is 2.06. The average Bonchev–Trinajstić information content (AvgIpc) is 3.21. The van der Waals surface area contributed by atoms with Gasteiger partial charge < -0.3 is 4.74 Å². The molecule has 3 heteroatoms. The normalized spacial score (nSPS) is 16.5. The van der Waals surface area contributed by atoms with Crippen LogP contribution in [-0.4, -0.2) is 37.4 Å². The lowest BCUT2D eigenvalue weighted by Crippen LogP contribution is -2.35. The molecular weight excluding hydrogens is 238 g/mol. The van der Waals surface area contributed by atoms with Crippen molar-refractivity contribution in [2.45, 2.75) is 32.7 Å². The molecule has 0 saturated heterocycles. The number of hydrogen-bond acceptors (Lipinski definition) is 3. The Bertz CT molecular complexity index is 466. The zero-order valence-electron chi connectivity index (χ0n) is 12.3. The summed E-state index contributed by atoms with van der Waals surface area (Å²) in [5.41, 5.74) is 1.79. The first-order valence-corrected chi connectivity index (χ1v) is 6.91. The van der Waals surface area contributed by atoms with Gasteiger partial charge in [0.1, 0.15) is 5.75 Å². The molecule has 0 spiro atoms. The van der Waals surface area contributed by atoms with Crippen LogP contribution in [0.3, 0.4) is 0 Å². The summed E-state index contributed by atoms with van der Waals surface area (Å²) in [6, 6.07) is 6.23. The van der Waals surface area contributed by atoms with E-state index in [1.54, 1.807) is 7.11 Å². The number of aryl methyl sites for hydroxylation is 1. The second-order valence-corrected chi connectivity index (χ2v) is 5.62. The molecule has 3 nitrogen and oxygen atoms in total. The molecule has 0 heterocycles. The van der Waals surface area contributed by atoms with Crippen LogP contribution >= 0.6 is 0 Å². The lowest BCUT2D eigenvalue weighted by Gasteiger charge is -2.24. The fourth-order valence-electron chi connectivity index (χ4n) is 2.42. The predicted molar refractivity (Wildman–Crippen MR) is 76.9 cm³/mol. The molecule has 1 aliphatic carbocycles. The van der Waals surface area contributed by atoms with E-state index in [1.165, 1.54) is 12.8 Å². The molecule has 1 unspecified atom stereocenters. The highest BCUT2D eigenvalue weighted by molar-refractivity contribution is 6.00. The first kappa shape index (κ1) is 14.1. The third-order valence-corrected chi connectivity index (χ3v) is 4.05. The highest BCUT2D eigenvalue weighted by Crippen LogP contribution is 2.34. The van der Waals surface area contributed by atoms with Gasteiger partial charge in [0.15, 0.2) is 5.78 Å². The minimum absolute atomic E-state index is 0.131. The fourth-order valence-corrected chi connectivity index (χ4v) is 2.42. The quantitative estimate of drug-likeness (QED) is 0.737. The van der Waals surface area contributed by atoms with Crippen molar-refractivity contribution < 1.29 is 9.53 Å². The zero-order chi connectivity index (χ0) is 14.0. The van der Waals surface area contributed by atoms with Gasteiger partial charge in [-0.1, -0.05) is 6.07 Å². The van der Waals surface area contributed by atoms with Gasteiger partial charge in [-0.3, -0.25) is 9.69 Å². The maximum atomic E-state index is 12.4. The van der Waals surface area contributed by atoms with E-state index in [0.29, 0.717) is 23.9 Å². The molecule has 1 atom stereocenters. The number of hydrogen-bond donors (Lipinski definition) is 0. The van der Waals surface area contributed by atoms with Crippen molar-refractivity contribution in [2.75, 3.05) is 20.7 Å². The topological polar surface area (TPSA) is 29.5 Å². The monoisotopic (exact) mass is 261 g/mol. The second-order valence-electron chi connectivity index (χ2n) is 5.62. The Morgan fingerprint density at radius 2 is 2.16 bits per heavy atom. The largest absolute Gasteiger partial charge is 0.496 e. The molecule has 104 valence electrons. The van der Waals surface area contributed by atoms with Crippen molar-refractivity contribution in [3.8, 4) is 5.75 Å². The van der Waals surface area contributed by atoms with Crippen LogP contribution in [0, 0.1) is 12.8 Å². The molecule has 0 bridgehead atoms. The highest BCUT2D eigenvalue weighted by atomic mass is 16.5. The zero-order valence-corrected chi connectivity index (χ0v) is 12.3. The molecule has 1 fully saturated rings. The van der Waals surface area contributed by atoms with Crippen molar-refractivity contribution in [3.63, 3.8) is 0 Å². The molecule has 0 radical (unpaired) electrons. The van der Waals surface area contributed by atoms with Gasteiger partial charge >= 0.3 is 0 Å². The third kappa shape index (κ3) is 3.35. The lowest BCUT2D eigenvalue weighted by atomic mass is 10.1. The molecule has 1 saturated carbocycles. The number of benzene rings is 1. The molecule has 19 heavy (non-hydrogen) atoms. The van der Waals surface area contributed by atoms with Crippen molar-refractivity contribution in [2.24, 2.45) is 5.92 Å². The number of rotatable bonds is 6. The van der Waals surface area contributed by atoms with E-state index in [4.69, 9.17) is 4.74 Å². The molecule has 2 rings (SSSR count). The standard InChI is InChI=1S/C16H23NO2/c1-11-5-8-14(16(9-11)19-4)15(18)10-17(3)12(2)13-6-7-13/h5,8-9,12-13H,6-7,10H2,1-4H3. The molecule has 1 aliphatic rings. The molecule has 0 amide bonds. The van der Waals surface area contributed by atoms with Gasteiger partial charge in [0.2, 0.25) is 0 Å². The summed E-state index contributed by atoms with van der Waals surface area (Å²) in [5.74, 6) is 1.59. The SMILES string of the molecule is COc1cc(C)ccc1C(=O)CN(C)C(C)C1CC1. The van der Waals surface area contributed by atoms with Gasteiger partial charge in [0, 0.05) is 6.04 Å². The van der Waals surface area contributed by atoms with E-state index in [9.17, 15) is 4.79 Å². The Labute approximate surface area is 115 Å². The van der Waals surface area contributed by atoms with Crippen LogP contribution in [0.15, 0.2) is 18.2 Å². The van der Waals surface area contributed by atoms with Crippen molar-refractivity contribution in [3.05, 3.63) is 29.3 Å². The van der Waals surface area contributed by atoms with E-state index in [-0.39, 0.29) is 5.78 Å². The molecule has 0 aliphatic heterocycles. The number of methoxy groups -OCH3 is 1. The van der Waals surface area contributed by atoms with E-state index in [0.717, 1.165) is 11.5 Å². The van der Waals surface area contributed by atoms with Crippen LogP contribution in [0.2, 0.25) is 0 Å². The summed E-state index contributed by atoms with van der Waals surface area (Å²) < 4.78 is 5.31. The van der Waals surface area contributed by atoms with Crippen molar-refractivity contribution in [1.29, 1.82) is 0 Å². The van der Waals surface area contributed by atoms with Gasteiger partial charge in [-0.25, -0.2) is 0 Å². The molecular formula is C16H23NO2. The minimum atomic E-state index is 0.131. The maximum Gasteiger partial charge on any atom is 0.180 e. The average molecular weight is 261 g/mol. The number of carbonyl (C=O) groups excluding carboxylic acids is 1. The van der Waals surface area contributed by atoms with Crippen LogP contribution in [-0.2, 0) is 0 Å². The lowest BCUT2D eigenvalue weighted by molar-refractivity contribution is 0.0914. The van der Waals surface area contributed by atoms with Gasteiger partial charge in [-0.2, -0.15) is 0 Å². The summed E-state index contributed by atoms with van der Waals surface area (Å²) in [4.78, 5) is 14.5. The van der Waals surface area contributed by atoms with Gasteiger partial charge in [0.05, 0.1) is 19.2 Å². The number of Topliss-reactive ketones (excluding diaryl/α,β-unsaturated/α-hetero) is 1. The highest BCUT2D eigenvalue weighted by Gasteiger charge is 2.31. The van der Waals surface area contributed by atoms with Crippen molar-refractivity contribution in [1.82, 2.24) is 4.90 Å². The van der Waals surface area contributed by atoms with Gasteiger partial charge in [-0.15, -0.1) is 0 Å². The number of likely N-dealkylation sites (N-methyl/N-ethyl adjacent to an activating group) is 1. The van der Waals surface area contributed by atoms with Crippen LogP contribution in [0.4, 0.5) is 0 Å². The number of ether oxygens (including phenoxy) is 1. The Morgan fingerprint density at radius 3 is 2.74 bits per heavy atom. The predicted octanol–water partition coefficient (Wildman–Crippen LogP) is 2.92. The smallest absolute Gasteiger partial charge is 0.180 e. The van der Waals surface area contributed by atoms with E-state index < -0.39 is 0 Å². The minimum Gasteiger partial charge on any atom is -0.496 e. The number of nitrogens with zero attached hydrogens (tertiary/aromatic N) is 1. The molecule has 1 aromatic rings. The molecule has 0 N–H and O–H groups in total. The van der Waals surface area contributed by atoms with Crippen LogP contribution < -0.4 is 4.74 Å². The Kier molecular flexibility index (Phi) is 4.25. The van der Waals surface area contributed by atoms with E-state index >= 15 is 0 Å². The first-order chi connectivity index (χ1) is 9.02. The second kappa shape index (κ2) is 5.74. The summed E-state index contributed by atoms with van der Waals surface area (Å²) >= 11 is 0. The van der Waals surface area contributed by atoms with E-state index in [1.807, 2.05) is 32.2 Å². The third-order valence-electron chi connectivity index (χ3n) is 4.05. The number of ketones is 1.